The van der Waals surface area contributed by atoms with E-state index >= 15 is 0 Å². The number of phenols is 1. The molecule has 0 saturated heterocycles. The van der Waals surface area contributed by atoms with Gasteiger partial charge in [0.25, 0.3) is 0 Å². The Morgan fingerprint density at radius 3 is 2.31 bits per heavy atom. The van der Waals surface area contributed by atoms with Gasteiger partial charge >= 0.3 is 6.09 Å². The molecular weight excluding hydrogens is 490 g/mol. The first-order valence-electron chi connectivity index (χ1n) is 12.8. The largest absolute Gasteiger partial charge is 0.507 e. The van der Waals surface area contributed by atoms with Crippen molar-refractivity contribution < 1.29 is 19.4 Å². The molecule has 0 aliphatic carbocycles. The minimum atomic E-state index is -0.641. The summed E-state index contributed by atoms with van der Waals surface area (Å²) in [4.78, 5) is 25.4. The normalized spacial score (nSPS) is 12.3. The number of rotatable bonds is 9. The van der Waals surface area contributed by atoms with Crippen LogP contribution in [0.2, 0.25) is 0 Å². The summed E-state index contributed by atoms with van der Waals surface area (Å²) >= 11 is 0. The maximum Gasteiger partial charge on any atom is 0.412 e. The van der Waals surface area contributed by atoms with E-state index in [1.54, 1.807) is 54.6 Å². The minimum Gasteiger partial charge on any atom is -0.507 e. The smallest absolute Gasteiger partial charge is 0.412 e. The summed E-state index contributed by atoms with van der Waals surface area (Å²) in [6.45, 7) is 4.04. The molecule has 1 atom stereocenters. The van der Waals surface area contributed by atoms with E-state index in [1.165, 1.54) is 6.08 Å². The van der Waals surface area contributed by atoms with Crippen molar-refractivity contribution in [3.8, 4) is 5.75 Å². The number of ether oxygens (including phenoxy) is 1. The molecular formula is C32H33N3O4. The maximum absolute atomic E-state index is 13.0. The summed E-state index contributed by atoms with van der Waals surface area (Å²) < 4.78 is 6.07. The van der Waals surface area contributed by atoms with Gasteiger partial charge in [0.1, 0.15) is 11.9 Å². The van der Waals surface area contributed by atoms with Crippen LogP contribution in [0.5, 0.6) is 5.75 Å². The topological polar surface area (TPSA) is 114 Å². The Morgan fingerprint density at radius 2 is 1.56 bits per heavy atom. The molecule has 2 amide bonds. The Morgan fingerprint density at radius 1 is 0.897 bits per heavy atom. The van der Waals surface area contributed by atoms with Crippen LogP contribution in [0.1, 0.15) is 38.4 Å². The summed E-state index contributed by atoms with van der Waals surface area (Å²) in [6, 6.07) is 27.1. The van der Waals surface area contributed by atoms with Gasteiger partial charge in [0, 0.05) is 22.1 Å². The van der Waals surface area contributed by atoms with Crippen LogP contribution in [0.4, 0.5) is 21.9 Å². The van der Waals surface area contributed by atoms with Gasteiger partial charge < -0.3 is 20.9 Å². The molecule has 0 saturated carbocycles. The van der Waals surface area contributed by atoms with Gasteiger partial charge in [0.15, 0.2) is 0 Å². The molecule has 7 heteroatoms. The number of carbonyl (C=O) groups excluding carboxylic acids is 2. The number of benzene rings is 4. The molecule has 4 aromatic carbocycles. The number of amides is 2. The van der Waals surface area contributed by atoms with Crippen molar-refractivity contribution in [3.05, 3.63) is 109 Å². The second-order valence-corrected chi connectivity index (χ2v) is 10.0. The maximum atomic E-state index is 13.0. The summed E-state index contributed by atoms with van der Waals surface area (Å²) in [5.41, 5.74) is 7.85. The van der Waals surface area contributed by atoms with Crippen molar-refractivity contribution in [2.24, 2.45) is 5.41 Å². The van der Waals surface area contributed by atoms with E-state index in [9.17, 15) is 14.7 Å². The molecule has 5 N–H and O–H groups in total. The lowest BCUT2D eigenvalue weighted by molar-refractivity contribution is -0.111. The average molecular weight is 524 g/mol. The van der Waals surface area contributed by atoms with E-state index in [-0.39, 0.29) is 11.7 Å². The summed E-state index contributed by atoms with van der Waals surface area (Å²) in [5, 5.41) is 17.5. The van der Waals surface area contributed by atoms with Crippen molar-refractivity contribution in [1.82, 2.24) is 0 Å². The molecule has 0 unspecified atom stereocenters. The lowest BCUT2D eigenvalue weighted by Crippen LogP contribution is -2.29. The van der Waals surface area contributed by atoms with Crippen molar-refractivity contribution in [1.29, 1.82) is 0 Å². The number of allylic oxidation sites excluding steroid dienone is 1. The van der Waals surface area contributed by atoms with Gasteiger partial charge in [-0.1, -0.05) is 80.6 Å². The summed E-state index contributed by atoms with van der Waals surface area (Å²) in [5.74, 6) is -0.113. The zero-order valence-electron chi connectivity index (χ0n) is 22.1. The number of hydrogen-bond donors (Lipinski definition) is 4. The number of anilines is 3. The Kier molecular flexibility index (Phi) is 8.51. The SMILES string of the molecule is CC(C)(CC/C=C/C(=O)Nc1ccccc1N)[C@@H](OC(=O)Nc1ccccc1)c1ccc(O)c2ccccc12. The van der Waals surface area contributed by atoms with E-state index in [0.29, 0.717) is 35.3 Å². The number of aromatic hydroxyl groups is 1. The van der Waals surface area contributed by atoms with Gasteiger partial charge in [-0.05, 0) is 54.6 Å². The zero-order valence-corrected chi connectivity index (χ0v) is 22.1. The molecule has 7 nitrogen and oxygen atoms in total. The Balaban J connectivity index is 1.53. The van der Waals surface area contributed by atoms with Gasteiger partial charge in [-0.25, -0.2) is 4.79 Å². The second-order valence-electron chi connectivity index (χ2n) is 10.0. The first-order chi connectivity index (χ1) is 18.7. The third-order valence-electron chi connectivity index (χ3n) is 6.62. The van der Waals surface area contributed by atoms with Crippen molar-refractivity contribution >= 4 is 39.8 Å². The van der Waals surface area contributed by atoms with Crippen molar-refractivity contribution in [2.45, 2.75) is 32.8 Å². The number of nitrogens with two attached hydrogens (primary N) is 1. The molecule has 4 aromatic rings. The predicted molar refractivity (Wildman–Crippen MR) is 157 cm³/mol. The molecule has 0 fully saturated rings. The molecule has 0 radical (unpaired) electrons. The van der Waals surface area contributed by atoms with Crippen LogP contribution in [-0.4, -0.2) is 17.1 Å². The van der Waals surface area contributed by atoms with Crippen LogP contribution in [0.25, 0.3) is 10.8 Å². The number of carbonyl (C=O) groups is 2. The van der Waals surface area contributed by atoms with E-state index in [1.807, 2.05) is 56.3 Å². The van der Waals surface area contributed by atoms with Crippen LogP contribution >= 0.6 is 0 Å². The van der Waals surface area contributed by atoms with Gasteiger partial charge in [0.05, 0.1) is 11.4 Å². The number of nitrogens with one attached hydrogen (secondary N) is 2. The van der Waals surface area contributed by atoms with E-state index < -0.39 is 17.6 Å². The Bertz CT molecular complexity index is 1480. The molecule has 4 rings (SSSR count). The van der Waals surface area contributed by atoms with Crippen LogP contribution in [0, 0.1) is 5.41 Å². The quantitative estimate of drug-likeness (QED) is 0.135. The zero-order chi connectivity index (χ0) is 27.8. The lowest BCUT2D eigenvalue weighted by atomic mass is 9.77. The van der Waals surface area contributed by atoms with Crippen molar-refractivity contribution in [3.63, 3.8) is 0 Å². The minimum absolute atomic E-state index is 0.160. The fraction of sp³-hybridized carbons (Fsp3) is 0.188. The molecule has 39 heavy (non-hydrogen) atoms. The fourth-order valence-electron chi connectivity index (χ4n) is 4.52. The highest BCUT2D eigenvalue weighted by Crippen LogP contribution is 2.44. The third kappa shape index (κ3) is 6.96. The van der Waals surface area contributed by atoms with E-state index in [2.05, 4.69) is 10.6 Å². The molecule has 200 valence electrons. The van der Waals surface area contributed by atoms with Gasteiger partial charge in [0.2, 0.25) is 5.91 Å². The molecule has 0 heterocycles. The second kappa shape index (κ2) is 12.2. The molecule has 0 spiro atoms. The van der Waals surface area contributed by atoms with E-state index in [0.717, 1.165) is 10.9 Å². The number of phenolic OH excluding ortho intramolecular Hbond substituents is 1. The fourth-order valence-corrected chi connectivity index (χ4v) is 4.52. The van der Waals surface area contributed by atoms with Gasteiger partial charge in [-0.3, -0.25) is 10.1 Å². The molecule has 0 bridgehead atoms. The number of fused-ring (bicyclic) bond motifs is 1. The number of hydrogen-bond acceptors (Lipinski definition) is 5. The van der Waals surface area contributed by atoms with Crippen molar-refractivity contribution in [2.75, 3.05) is 16.4 Å². The van der Waals surface area contributed by atoms with Crippen LogP contribution in [-0.2, 0) is 9.53 Å². The third-order valence-corrected chi connectivity index (χ3v) is 6.62. The molecule has 0 aliphatic rings. The molecule has 0 aromatic heterocycles. The van der Waals surface area contributed by atoms with Gasteiger partial charge in [-0.2, -0.15) is 0 Å². The van der Waals surface area contributed by atoms with Crippen LogP contribution in [0.15, 0.2) is 103 Å². The molecule has 0 aliphatic heterocycles. The average Bonchev–Trinajstić information content (AvgIpc) is 2.92. The Labute approximate surface area is 228 Å². The summed E-state index contributed by atoms with van der Waals surface area (Å²) in [6.07, 6.45) is 3.25. The van der Waals surface area contributed by atoms with E-state index in [4.69, 9.17) is 10.5 Å². The van der Waals surface area contributed by atoms with Gasteiger partial charge in [-0.15, -0.1) is 0 Å². The number of nitrogen functional groups attached to an aromatic ring is 1. The summed E-state index contributed by atoms with van der Waals surface area (Å²) in [7, 11) is 0. The first-order valence-corrected chi connectivity index (χ1v) is 12.8. The predicted octanol–water partition coefficient (Wildman–Crippen LogP) is 7.42. The highest BCUT2D eigenvalue weighted by molar-refractivity contribution is 6.01. The first kappa shape index (κ1) is 27.3. The highest BCUT2D eigenvalue weighted by atomic mass is 16.6. The lowest BCUT2D eigenvalue weighted by Gasteiger charge is -2.35. The standard InChI is InChI=1S/C32H33N3O4/c1-32(2,21-11-10-18-29(37)35-27-17-9-8-16-26(27)33)30(39-31(38)34-22-12-4-3-5-13-22)25-19-20-28(36)24-15-7-6-14-23(24)25/h3-10,12-20,30,36H,11,21,33H2,1-2H3,(H,34,38)(H,35,37)/b18-10+/t30-/m0/s1. The van der Waals surface area contributed by atoms with Crippen LogP contribution in [0.3, 0.4) is 0 Å². The monoisotopic (exact) mass is 523 g/mol. The Hall–Kier alpha value is -4.78. The van der Waals surface area contributed by atoms with Crippen LogP contribution < -0.4 is 16.4 Å². The highest BCUT2D eigenvalue weighted by Gasteiger charge is 2.35. The number of para-hydroxylation sites is 3.